The van der Waals surface area contributed by atoms with Crippen LogP contribution in [0.5, 0.6) is 0 Å². The zero-order valence-electron chi connectivity index (χ0n) is 17.7. The summed E-state index contributed by atoms with van der Waals surface area (Å²) in [5.41, 5.74) is 2.85. The Morgan fingerprint density at radius 3 is 2.06 bits per heavy atom. The fourth-order valence-corrected chi connectivity index (χ4v) is 3.30. The summed E-state index contributed by atoms with van der Waals surface area (Å²) in [5, 5.41) is 1.07. The van der Waals surface area contributed by atoms with E-state index >= 15 is 0 Å². The van der Waals surface area contributed by atoms with Gasteiger partial charge in [0.15, 0.2) is 5.69 Å². The Morgan fingerprint density at radius 1 is 0.938 bits per heavy atom. The Hall–Kier alpha value is -2.87. The summed E-state index contributed by atoms with van der Waals surface area (Å²) in [7, 11) is 0. The number of hydrogen-bond donors (Lipinski definition) is 0. The number of carbonyl (C=O) groups excluding carboxylic acids is 2. The van der Waals surface area contributed by atoms with Crippen molar-refractivity contribution in [3.63, 3.8) is 0 Å². The van der Waals surface area contributed by atoms with Crippen LogP contribution in [0.4, 0.5) is 0 Å². The molecule has 0 bridgehead atoms. The Balaban J connectivity index is 1.91. The normalized spacial score (nSPS) is 10.5. The zero-order chi connectivity index (χ0) is 23.3. The first-order chi connectivity index (χ1) is 15.3. The minimum absolute atomic E-state index is 0.0174. The zero-order valence-corrected chi connectivity index (χ0v) is 19.2. The highest BCUT2D eigenvalue weighted by Crippen LogP contribution is 2.16. The minimum Gasteiger partial charge on any atom is -0.462 e. The lowest BCUT2D eigenvalue weighted by Gasteiger charge is -2.16. The van der Waals surface area contributed by atoms with Gasteiger partial charge < -0.3 is 9.62 Å². The van der Waals surface area contributed by atoms with Gasteiger partial charge in [-0.3, -0.25) is 0 Å². The smallest absolute Gasteiger partial charge is 0.421 e. The lowest BCUT2D eigenvalue weighted by Crippen LogP contribution is -2.45. The molecular formula is C23H20BCl2NO5. The van der Waals surface area contributed by atoms with Gasteiger partial charge in [0.05, 0.1) is 12.2 Å². The van der Waals surface area contributed by atoms with Gasteiger partial charge in [-0.25, -0.2) is 19.4 Å². The van der Waals surface area contributed by atoms with Crippen molar-refractivity contribution in [3.8, 4) is 0 Å². The molecule has 0 saturated carbocycles. The number of aryl methyl sites for hydroxylation is 2. The summed E-state index contributed by atoms with van der Waals surface area (Å²) in [4.78, 5) is 39.5. The van der Waals surface area contributed by atoms with Crippen LogP contribution in [0.15, 0.2) is 54.7 Å². The second-order valence-corrected chi connectivity index (χ2v) is 7.80. The van der Waals surface area contributed by atoms with E-state index in [1.54, 1.807) is 19.1 Å². The third kappa shape index (κ3) is 5.48. The average molecular weight is 472 g/mol. The Bertz CT molecular complexity index is 1100. The van der Waals surface area contributed by atoms with Crippen LogP contribution in [-0.4, -0.2) is 30.4 Å². The van der Waals surface area contributed by atoms with E-state index in [1.165, 1.54) is 18.3 Å². The highest BCUT2D eigenvalue weighted by Gasteiger charge is 2.28. The molecule has 0 atom stereocenters. The van der Waals surface area contributed by atoms with Crippen LogP contribution in [0.1, 0.15) is 38.9 Å². The molecule has 0 aliphatic carbocycles. The molecular weight excluding hydrogens is 452 g/mol. The summed E-state index contributed by atoms with van der Waals surface area (Å²) in [6.45, 7) is 4.76. The van der Waals surface area contributed by atoms with Gasteiger partial charge in [0.25, 0.3) is 0 Å². The number of esters is 1. The lowest BCUT2D eigenvalue weighted by atomic mass is 9.55. The Morgan fingerprint density at radius 2 is 1.53 bits per heavy atom. The van der Waals surface area contributed by atoms with E-state index in [0.29, 0.717) is 21.0 Å². The number of carbonyl (C=O) groups is 2. The summed E-state index contributed by atoms with van der Waals surface area (Å²) >= 11 is 12.6. The number of benzene rings is 2. The largest absolute Gasteiger partial charge is 0.462 e. The molecule has 0 N–H and O–H groups in total. The van der Waals surface area contributed by atoms with Crippen molar-refractivity contribution in [1.29, 1.82) is 0 Å². The molecule has 0 amide bonds. The molecule has 0 unspecified atom stereocenters. The first-order valence-corrected chi connectivity index (χ1v) is 10.6. The van der Waals surface area contributed by atoms with Crippen molar-refractivity contribution >= 4 is 53.0 Å². The van der Waals surface area contributed by atoms with Gasteiger partial charge in [0.2, 0.25) is 0 Å². The number of nitrogens with zero attached hydrogens (tertiary/aromatic N) is 1. The van der Waals surface area contributed by atoms with Crippen molar-refractivity contribution in [3.05, 3.63) is 87.2 Å². The second kappa shape index (κ2) is 10.6. The fourth-order valence-electron chi connectivity index (χ4n) is 2.92. The highest BCUT2D eigenvalue weighted by molar-refractivity contribution is 6.80. The van der Waals surface area contributed by atoms with Crippen LogP contribution in [0.2, 0.25) is 10.0 Å². The van der Waals surface area contributed by atoms with Crippen molar-refractivity contribution in [2.24, 2.45) is 0 Å². The van der Waals surface area contributed by atoms with Crippen molar-refractivity contribution in [2.45, 2.75) is 20.8 Å². The molecule has 1 aromatic heterocycles. The molecule has 32 heavy (non-hydrogen) atoms. The number of aromatic nitrogens is 1. The van der Waals surface area contributed by atoms with Crippen LogP contribution in [0.25, 0.3) is 0 Å². The summed E-state index contributed by atoms with van der Waals surface area (Å²) in [6.07, 6.45) is 1.37. The number of ether oxygens (including phenoxy) is 1. The average Bonchev–Trinajstić information content (AvgIpc) is 2.78. The number of pyridine rings is 1. The van der Waals surface area contributed by atoms with Gasteiger partial charge in [-0.2, -0.15) is 0 Å². The molecule has 1 heterocycles. The van der Waals surface area contributed by atoms with Gasteiger partial charge in [0.1, 0.15) is 0 Å². The monoisotopic (exact) mass is 471 g/mol. The molecule has 2 aromatic carbocycles. The maximum atomic E-state index is 12.7. The van der Waals surface area contributed by atoms with Crippen LogP contribution >= 0.6 is 23.2 Å². The molecule has 3 aromatic rings. The maximum absolute atomic E-state index is 12.7. The molecule has 3 rings (SSSR count). The lowest BCUT2D eigenvalue weighted by molar-refractivity contribution is -0.152. The molecule has 6 nitrogen and oxygen atoms in total. The van der Waals surface area contributed by atoms with E-state index in [4.69, 9.17) is 37.6 Å². The highest BCUT2D eigenvalue weighted by atomic mass is 35.5. The van der Waals surface area contributed by atoms with E-state index in [0.717, 1.165) is 11.1 Å². The number of rotatable bonds is 7. The molecule has 9 heteroatoms. The van der Waals surface area contributed by atoms with Crippen molar-refractivity contribution in [2.75, 3.05) is 6.61 Å². The summed E-state index contributed by atoms with van der Waals surface area (Å²) in [6, 6.07) is 13.7. The van der Waals surface area contributed by atoms with Crippen LogP contribution in [0.3, 0.4) is 0 Å². The standard InChI is InChI=1S/C23H20BCl2NO5/c1-4-30-22(28)18-6-5-11-27-21(18)23(29)31-32-24(16-9-7-14(2)19(25)12-16)17-10-8-15(3)20(26)13-17/h5-13H,4H2,1-3H3. The number of hydrogen-bond acceptors (Lipinski definition) is 6. The second-order valence-electron chi connectivity index (χ2n) is 6.98. The number of halogens is 2. The predicted molar refractivity (Wildman–Crippen MR) is 124 cm³/mol. The third-order valence-corrected chi connectivity index (χ3v) is 5.53. The van der Waals surface area contributed by atoms with Crippen LogP contribution < -0.4 is 10.9 Å². The van der Waals surface area contributed by atoms with Gasteiger partial charge in [-0.05, 0) is 67.1 Å². The molecule has 0 fully saturated rings. The summed E-state index contributed by atoms with van der Waals surface area (Å²) < 4.78 is 4.97. The van der Waals surface area contributed by atoms with E-state index in [9.17, 15) is 9.59 Å². The first kappa shape index (κ1) is 23.8. The predicted octanol–water partition coefficient (Wildman–Crippen LogP) is 4.08. The van der Waals surface area contributed by atoms with Crippen molar-refractivity contribution in [1.82, 2.24) is 4.98 Å². The minimum atomic E-state index is -0.935. The quantitative estimate of drug-likeness (QED) is 0.224. The Labute approximate surface area is 196 Å². The summed E-state index contributed by atoms with van der Waals surface area (Å²) in [5.74, 6) is -1.62. The molecule has 0 saturated heterocycles. The van der Waals surface area contributed by atoms with Crippen molar-refractivity contribution < 1.29 is 24.0 Å². The van der Waals surface area contributed by atoms with Gasteiger partial charge in [-0.1, -0.05) is 47.5 Å². The molecule has 0 aliphatic heterocycles. The third-order valence-electron chi connectivity index (χ3n) is 4.71. The van der Waals surface area contributed by atoms with E-state index < -0.39 is 18.9 Å². The van der Waals surface area contributed by atoms with E-state index in [-0.39, 0.29) is 17.9 Å². The van der Waals surface area contributed by atoms with E-state index in [2.05, 4.69) is 4.98 Å². The first-order valence-electron chi connectivity index (χ1n) is 9.83. The fraction of sp³-hybridized carbons (Fsp3) is 0.174. The van der Waals surface area contributed by atoms with E-state index in [1.807, 2.05) is 38.1 Å². The Kier molecular flexibility index (Phi) is 7.91. The molecule has 0 aliphatic rings. The maximum Gasteiger partial charge on any atom is 0.421 e. The molecule has 164 valence electrons. The topological polar surface area (TPSA) is 74.7 Å². The molecule has 0 radical (unpaired) electrons. The van der Waals surface area contributed by atoms with Crippen LogP contribution in [0, 0.1) is 13.8 Å². The molecule has 0 spiro atoms. The van der Waals surface area contributed by atoms with Gasteiger partial charge >= 0.3 is 18.9 Å². The van der Waals surface area contributed by atoms with Gasteiger partial charge in [-0.15, -0.1) is 0 Å². The SMILES string of the molecule is CCOC(=O)c1cccnc1C(=O)OOB(c1ccc(C)c(Cl)c1)c1ccc(C)c(Cl)c1. The van der Waals surface area contributed by atoms with Gasteiger partial charge in [0, 0.05) is 16.2 Å². The van der Waals surface area contributed by atoms with Crippen LogP contribution in [-0.2, 0) is 14.4 Å².